The first-order chi connectivity index (χ1) is 6.70. The van der Waals surface area contributed by atoms with E-state index in [0.29, 0.717) is 3.42 Å². The van der Waals surface area contributed by atoms with Gasteiger partial charge in [0.05, 0.1) is 0 Å². The molecule has 0 aromatic heterocycles. The Labute approximate surface area is 106 Å². The molecule has 1 rings (SSSR count). The molecule has 0 N–H and O–H groups in total. The fourth-order valence-electron chi connectivity index (χ4n) is 1.48. The van der Waals surface area contributed by atoms with Crippen molar-refractivity contribution in [3.05, 3.63) is 0 Å². The maximum absolute atomic E-state index is 11.7. The number of carbonyl (C=O) groups excluding carboxylic acids is 1. The van der Waals surface area contributed by atoms with Crippen LogP contribution >= 0.6 is 22.6 Å². The molecule has 0 unspecified atom stereocenters. The smallest absolute Gasteiger partial charge is 0.410 e. The van der Waals surface area contributed by atoms with Gasteiger partial charge in [-0.05, 0) is 33.6 Å². The largest absolute Gasteiger partial charge is 0.444 e. The van der Waals surface area contributed by atoms with Crippen LogP contribution in [0.5, 0.6) is 0 Å². The number of carbonyl (C=O) groups is 1. The fourth-order valence-corrected chi connectivity index (χ4v) is 1.96. The second kappa shape index (κ2) is 4.47. The van der Waals surface area contributed by atoms with Crippen molar-refractivity contribution in [1.29, 1.82) is 0 Å². The number of halogens is 1. The molecule has 3 nitrogen and oxygen atoms in total. The van der Waals surface area contributed by atoms with E-state index in [-0.39, 0.29) is 11.7 Å². The van der Waals surface area contributed by atoms with E-state index in [9.17, 15) is 4.79 Å². The van der Waals surface area contributed by atoms with E-state index in [4.69, 9.17) is 4.74 Å². The predicted octanol–water partition coefficient (Wildman–Crippen LogP) is 3.21. The summed E-state index contributed by atoms with van der Waals surface area (Å²) in [7, 11) is 0. The van der Waals surface area contributed by atoms with Crippen molar-refractivity contribution in [2.24, 2.45) is 0 Å². The summed E-state index contributed by atoms with van der Waals surface area (Å²) in [6.07, 6.45) is 1.92. The van der Waals surface area contributed by atoms with Gasteiger partial charge in [-0.25, -0.2) is 4.79 Å². The highest BCUT2D eigenvalue weighted by molar-refractivity contribution is 14.1. The zero-order chi connectivity index (χ0) is 11.7. The number of hydrogen-bond donors (Lipinski definition) is 0. The normalized spacial score (nSPS) is 21.3. The van der Waals surface area contributed by atoms with Gasteiger partial charge in [0.1, 0.15) is 5.60 Å². The molecule has 0 aliphatic carbocycles. The summed E-state index contributed by atoms with van der Waals surface area (Å²) in [6.45, 7) is 9.56. The van der Waals surface area contributed by atoms with Crippen LogP contribution in [0.1, 0.15) is 40.5 Å². The molecule has 0 bridgehead atoms. The lowest BCUT2D eigenvalue weighted by atomic mass is 9.99. The minimum absolute atomic E-state index is 0.172. The molecule has 1 fully saturated rings. The molecule has 15 heavy (non-hydrogen) atoms. The van der Waals surface area contributed by atoms with Crippen molar-refractivity contribution in [2.75, 3.05) is 13.1 Å². The maximum atomic E-state index is 11.7. The van der Waals surface area contributed by atoms with E-state index < -0.39 is 0 Å². The zero-order valence-corrected chi connectivity index (χ0v) is 12.1. The first kappa shape index (κ1) is 13.1. The van der Waals surface area contributed by atoms with Gasteiger partial charge in [-0.15, -0.1) is 0 Å². The van der Waals surface area contributed by atoms with Gasteiger partial charge >= 0.3 is 6.09 Å². The molecule has 0 aromatic rings. The third kappa shape index (κ3) is 4.57. The third-order valence-corrected chi connectivity index (χ3v) is 3.54. The van der Waals surface area contributed by atoms with Gasteiger partial charge in [0.25, 0.3) is 0 Å². The molecule has 88 valence electrons. The fraction of sp³-hybridized carbons (Fsp3) is 0.909. The Kier molecular flexibility index (Phi) is 3.90. The van der Waals surface area contributed by atoms with E-state index in [2.05, 4.69) is 29.5 Å². The lowest BCUT2D eigenvalue weighted by Gasteiger charge is -2.36. The van der Waals surface area contributed by atoms with Crippen LogP contribution in [0.3, 0.4) is 0 Å². The van der Waals surface area contributed by atoms with Crippen LogP contribution < -0.4 is 0 Å². The average molecular weight is 325 g/mol. The summed E-state index contributed by atoms with van der Waals surface area (Å²) in [5.74, 6) is 0. The summed E-state index contributed by atoms with van der Waals surface area (Å²) in [4.78, 5) is 13.5. The number of ether oxygens (including phenoxy) is 1. The van der Waals surface area contributed by atoms with Crippen molar-refractivity contribution in [2.45, 2.75) is 49.6 Å². The summed E-state index contributed by atoms with van der Waals surface area (Å²) >= 11 is 2.47. The molecule has 1 saturated heterocycles. The Balaban J connectivity index is 2.44. The molecule has 0 spiro atoms. The molecular weight excluding hydrogens is 305 g/mol. The Morgan fingerprint density at radius 2 is 1.80 bits per heavy atom. The highest BCUT2D eigenvalue weighted by Gasteiger charge is 2.31. The summed E-state index contributed by atoms with van der Waals surface area (Å²) in [5.41, 5.74) is -0.387. The molecule has 1 aliphatic heterocycles. The first-order valence-corrected chi connectivity index (χ1v) is 6.44. The van der Waals surface area contributed by atoms with Gasteiger partial charge in [0.2, 0.25) is 0 Å². The molecule has 0 radical (unpaired) electrons. The summed E-state index contributed by atoms with van der Waals surface area (Å²) in [6, 6.07) is 0. The number of likely N-dealkylation sites (tertiary alicyclic amines) is 1. The monoisotopic (exact) mass is 325 g/mol. The van der Waals surface area contributed by atoms with E-state index in [1.54, 1.807) is 0 Å². The Hall–Kier alpha value is 0. The Bertz CT molecular complexity index is 235. The molecular formula is C11H20INO2. The van der Waals surface area contributed by atoms with Crippen LogP contribution in [-0.4, -0.2) is 33.1 Å². The van der Waals surface area contributed by atoms with Crippen LogP contribution in [0.15, 0.2) is 0 Å². The molecule has 0 aromatic carbocycles. The molecule has 1 heterocycles. The van der Waals surface area contributed by atoms with E-state index in [1.165, 1.54) is 0 Å². The van der Waals surface area contributed by atoms with Crippen LogP contribution in [0.4, 0.5) is 4.79 Å². The zero-order valence-electron chi connectivity index (χ0n) is 9.97. The van der Waals surface area contributed by atoms with E-state index in [0.717, 1.165) is 25.9 Å². The van der Waals surface area contributed by atoms with Crippen molar-refractivity contribution in [3.63, 3.8) is 0 Å². The van der Waals surface area contributed by atoms with Gasteiger partial charge in [0, 0.05) is 16.5 Å². The third-order valence-electron chi connectivity index (χ3n) is 2.46. The van der Waals surface area contributed by atoms with Crippen molar-refractivity contribution in [3.8, 4) is 0 Å². The van der Waals surface area contributed by atoms with Crippen LogP contribution in [-0.2, 0) is 4.74 Å². The molecule has 0 atom stereocenters. The lowest BCUT2D eigenvalue weighted by molar-refractivity contribution is 0.0205. The van der Waals surface area contributed by atoms with Crippen molar-refractivity contribution in [1.82, 2.24) is 4.90 Å². The molecule has 4 heteroatoms. The van der Waals surface area contributed by atoms with E-state index in [1.807, 2.05) is 25.7 Å². The highest BCUT2D eigenvalue weighted by atomic mass is 127. The minimum atomic E-state index is -0.387. The van der Waals surface area contributed by atoms with Gasteiger partial charge in [-0.1, -0.05) is 29.5 Å². The SMILES string of the molecule is CC1(I)CCN(C(=O)OC(C)(C)C)CC1. The maximum Gasteiger partial charge on any atom is 0.410 e. The van der Waals surface area contributed by atoms with Gasteiger partial charge < -0.3 is 9.64 Å². The number of rotatable bonds is 0. The Morgan fingerprint density at radius 3 is 2.20 bits per heavy atom. The van der Waals surface area contributed by atoms with Crippen LogP contribution in [0, 0.1) is 0 Å². The van der Waals surface area contributed by atoms with Crippen LogP contribution in [0.2, 0.25) is 0 Å². The second-order valence-electron chi connectivity index (χ2n) is 5.38. The number of amides is 1. The van der Waals surface area contributed by atoms with Crippen LogP contribution in [0.25, 0.3) is 0 Å². The van der Waals surface area contributed by atoms with Crippen molar-refractivity contribution >= 4 is 28.7 Å². The number of nitrogens with zero attached hydrogens (tertiary/aromatic N) is 1. The van der Waals surface area contributed by atoms with Gasteiger partial charge in [0.15, 0.2) is 0 Å². The Morgan fingerprint density at radius 1 is 1.33 bits per heavy atom. The van der Waals surface area contributed by atoms with Gasteiger partial charge in [-0.2, -0.15) is 0 Å². The lowest BCUT2D eigenvalue weighted by Crippen LogP contribution is -2.44. The standard InChI is InChI=1S/C11H20INO2/c1-10(2,3)15-9(14)13-7-5-11(4,12)6-8-13/h5-8H2,1-4H3. The predicted molar refractivity (Wildman–Crippen MR) is 69.5 cm³/mol. The summed E-state index contributed by atoms with van der Waals surface area (Å²) in [5, 5.41) is 0. The molecule has 1 amide bonds. The van der Waals surface area contributed by atoms with Gasteiger partial charge in [-0.3, -0.25) is 0 Å². The number of hydrogen-bond acceptors (Lipinski definition) is 2. The van der Waals surface area contributed by atoms with Crippen molar-refractivity contribution < 1.29 is 9.53 Å². The average Bonchev–Trinajstić information content (AvgIpc) is 2.00. The summed E-state index contributed by atoms with van der Waals surface area (Å²) < 4.78 is 5.67. The minimum Gasteiger partial charge on any atom is -0.444 e. The molecule has 0 saturated carbocycles. The topological polar surface area (TPSA) is 29.5 Å². The van der Waals surface area contributed by atoms with E-state index >= 15 is 0 Å². The molecule has 1 aliphatic rings. The number of alkyl halides is 1. The quantitative estimate of drug-likeness (QED) is 0.506. The second-order valence-corrected chi connectivity index (χ2v) is 7.99. The highest BCUT2D eigenvalue weighted by Crippen LogP contribution is 2.31. The number of piperidine rings is 1. The first-order valence-electron chi connectivity index (χ1n) is 5.36.